The molecule has 2 aromatic rings. The van der Waals surface area contributed by atoms with Gasteiger partial charge in [0.15, 0.2) is 5.78 Å². The van der Waals surface area contributed by atoms with Gasteiger partial charge in [0.2, 0.25) is 0 Å². The van der Waals surface area contributed by atoms with Crippen LogP contribution in [0.3, 0.4) is 0 Å². The van der Waals surface area contributed by atoms with Gasteiger partial charge in [0, 0.05) is 37.0 Å². The molecule has 1 saturated carbocycles. The molecular formula is C21H24N2O3. The van der Waals surface area contributed by atoms with E-state index in [0.717, 1.165) is 31.6 Å². The third-order valence-corrected chi connectivity index (χ3v) is 5.73. The molecule has 1 aromatic carbocycles. The van der Waals surface area contributed by atoms with Crippen LogP contribution in [0.4, 0.5) is 0 Å². The van der Waals surface area contributed by atoms with E-state index in [9.17, 15) is 15.0 Å². The maximum Gasteiger partial charge on any atom is 0.176 e. The van der Waals surface area contributed by atoms with Crippen LogP contribution in [0.2, 0.25) is 0 Å². The molecule has 0 spiro atoms. The summed E-state index contributed by atoms with van der Waals surface area (Å²) >= 11 is 0. The molecule has 1 unspecified atom stereocenters. The number of phenolic OH excluding ortho intramolecular Hbond substituents is 1. The first-order chi connectivity index (χ1) is 12.5. The number of ketones is 1. The van der Waals surface area contributed by atoms with E-state index in [1.807, 2.05) is 18.2 Å². The summed E-state index contributed by atoms with van der Waals surface area (Å²) in [5.41, 5.74) is 0.900. The van der Waals surface area contributed by atoms with Crippen molar-refractivity contribution in [1.29, 1.82) is 0 Å². The van der Waals surface area contributed by atoms with E-state index in [4.69, 9.17) is 0 Å². The maximum absolute atomic E-state index is 12.4. The molecule has 0 amide bonds. The number of nitrogens with zero attached hydrogens (tertiary/aromatic N) is 2. The Morgan fingerprint density at radius 3 is 2.42 bits per heavy atom. The summed E-state index contributed by atoms with van der Waals surface area (Å²) in [5, 5.41) is 20.3. The van der Waals surface area contributed by atoms with Crippen LogP contribution in [-0.2, 0) is 6.42 Å². The van der Waals surface area contributed by atoms with Gasteiger partial charge in [-0.3, -0.25) is 14.7 Å². The van der Waals surface area contributed by atoms with Crippen LogP contribution < -0.4 is 0 Å². The van der Waals surface area contributed by atoms with E-state index < -0.39 is 5.60 Å². The first-order valence-corrected chi connectivity index (χ1v) is 9.18. The Morgan fingerprint density at radius 2 is 1.81 bits per heavy atom. The predicted octanol–water partition coefficient (Wildman–Crippen LogP) is 2.29. The summed E-state index contributed by atoms with van der Waals surface area (Å²) in [7, 11) is 0. The molecule has 2 fully saturated rings. The van der Waals surface area contributed by atoms with Gasteiger partial charge in [0.25, 0.3) is 0 Å². The molecule has 136 valence electrons. The molecule has 4 rings (SSSR count). The highest BCUT2D eigenvalue weighted by molar-refractivity contribution is 5.97. The summed E-state index contributed by atoms with van der Waals surface area (Å²) in [6.07, 6.45) is 3.93. The lowest BCUT2D eigenvalue weighted by molar-refractivity contribution is 0.0347. The largest absolute Gasteiger partial charge is 0.508 e. The topological polar surface area (TPSA) is 73.7 Å². The second-order valence-electron chi connectivity index (χ2n) is 7.81. The molecule has 5 heteroatoms. The van der Waals surface area contributed by atoms with Crippen molar-refractivity contribution in [1.82, 2.24) is 9.88 Å². The quantitative estimate of drug-likeness (QED) is 0.808. The number of aliphatic hydroxyl groups is 1. The summed E-state index contributed by atoms with van der Waals surface area (Å²) in [4.78, 5) is 19.0. The van der Waals surface area contributed by atoms with Crippen LogP contribution >= 0.6 is 0 Å². The smallest absolute Gasteiger partial charge is 0.176 e. The zero-order valence-corrected chi connectivity index (χ0v) is 14.7. The molecule has 1 aromatic heterocycles. The van der Waals surface area contributed by atoms with Gasteiger partial charge in [-0.05, 0) is 61.1 Å². The van der Waals surface area contributed by atoms with Crippen molar-refractivity contribution in [2.45, 2.75) is 24.9 Å². The first kappa shape index (κ1) is 17.2. The number of pyridine rings is 1. The van der Waals surface area contributed by atoms with E-state index >= 15 is 0 Å². The molecule has 1 saturated heterocycles. The number of fused-ring (bicyclic) bond motifs is 1. The minimum atomic E-state index is -0.670. The van der Waals surface area contributed by atoms with E-state index in [2.05, 4.69) is 9.88 Å². The van der Waals surface area contributed by atoms with Crippen LogP contribution in [0, 0.1) is 11.8 Å². The number of hydrogen-bond donors (Lipinski definition) is 2. The number of carbonyl (C=O) groups excluding carboxylic acids is 1. The number of aromatic hydroxyl groups is 1. The molecule has 2 aliphatic rings. The fraction of sp³-hybridized carbons (Fsp3) is 0.429. The number of rotatable bonds is 5. The molecule has 26 heavy (non-hydrogen) atoms. The fourth-order valence-corrected chi connectivity index (χ4v) is 4.61. The Balaban J connectivity index is 1.33. The number of phenols is 1. The standard InChI is InChI=1S/C21H24N2O3/c24-19-6-4-15(5-7-19)20(25)14-23-12-16-9-21(26,10-17(16)13-23)11-18-3-1-2-8-22-18/h1-8,16-17,24,26H,9-14H2/t16-,17+,21?. The summed E-state index contributed by atoms with van der Waals surface area (Å²) in [6.45, 7) is 2.12. The average molecular weight is 352 g/mol. The zero-order chi connectivity index (χ0) is 18.1. The van der Waals surface area contributed by atoms with Gasteiger partial charge >= 0.3 is 0 Å². The van der Waals surface area contributed by atoms with Gasteiger partial charge in [-0.1, -0.05) is 6.07 Å². The Morgan fingerprint density at radius 1 is 1.12 bits per heavy atom. The average Bonchev–Trinajstić information content (AvgIpc) is 3.10. The van der Waals surface area contributed by atoms with E-state index in [1.165, 1.54) is 0 Å². The number of hydrogen-bond acceptors (Lipinski definition) is 5. The number of Topliss-reactive ketones (excluding diaryl/α,β-unsaturated/α-hetero) is 1. The Kier molecular flexibility index (Phi) is 4.51. The number of benzene rings is 1. The second-order valence-corrected chi connectivity index (χ2v) is 7.81. The van der Waals surface area contributed by atoms with Crippen molar-refractivity contribution in [2.24, 2.45) is 11.8 Å². The lowest BCUT2D eigenvalue weighted by Crippen LogP contribution is -2.34. The van der Waals surface area contributed by atoms with Crippen molar-refractivity contribution in [2.75, 3.05) is 19.6 Å². The Bertz CT molecular complexity index is 762. The van der Waals surface area contributed by atoms with Crippen LogP contribution in [0.25, 0.3) is 0 Å². The third-order valence-electron chi connectivity index (χ3n) is 5.73. The minimum Gasteiger partial charge on any atom is -0.508 e. The van der Waals surface area contributed by atoms with Gasteiger partial charge in [-0.15, -0.1) is 0 Å². The van der Waals surface area contributed by atoms with Crippen molar-refractivity contribution >= 4 is 5.78 Å². The lowest BCUT2D eigenvalue weighted by Gasteiger charge is -2.25. The first-order valence-electron chi connectivity index (χ1n) is 9.18. The molecule has 3 atom stereocenters. The van der Waals surface area contributed by atoms with Gasteiger partial charge in [0.05, 0.1) is 12.1 Å². The number of carbonyl (C=O) groups is 1. The zero-order valence-electron chi connectivity index (χ0n) is 14.7. The van der Waals surface area contributed by atoms with Crippen molar-refractivity contribution in [3.63, 3.8) is 0 Å². The maximum atomic E-state index is 12.4. The SMILES string of the molecule is O=C(CN1C[C@@H]2CC(O)(Cc3ccccn3)C[C@@H]2C1)c1ccc(O)cc1. The highest BCUT2D eigenvalue weighted by Gasteiger charge is 2.48. The van der Waals surface area contributed by atoms with Crippen molar-refractivity contribution < 1.29 is 15.0 Å². The minimum absolute atomic E-state index is 0.0775. The number of aromatic nitrogens is 1. The van der Waals surface area contributed by atoms with Gasteiger partial charge < -0.3 is 10.2 Å². The van der Waals surface area contributed by atoms with Crippen LogP contribution in [0.15, 0.2) is 48.7 Å². The molecule has 2 heterocycles. The fourth-order valence-electron chi connectivity index (χ4n) is 4.61. The molecule has 0 radical (unpaired) electrons. The molecule has 2 N–H and O–H groups in total. The van der Waals surface area contributed by atoms with Gasteiger partial charge in [-0.25, -0.2) is 0 Å². The highest BCUT2D eigenvalue weighted by Crippen LogP contribution is 2.45. The van der Waals surface area contributed by atoms with E-state index in [0.29, 0.717) is 30.4 Å². The Hall–Kier alpha value is -2.24. The van der Waals surface area contributed by atoms with Crippen molar-refractivity contribution in [3.05, 3.63) is 59.9 Å². The lowest BCUT2D eigenvalue weighted by atomic mass is 9.93. The normalized spacial score (nSPS) is 28.2. The summed E-state index contributed by atoms with van der Waals surface area (Å²) in [6, 6.07) is 12.2. The van der Waals surface area contributed by atoms with Gasteiger partial charge in [-0.2, -0.15) is 0 Å². The van der Waals surface area contributed by atoms with Crippen molar-refractivity contribution in [3.8, 4) is 5.75 Å². The van der Waals surface area contributed by atoms with E-state index in [-0.39, 0.29) is 11.5 Å². The van der Waals surface area contributed by atoms with Crippen LogP contribution in [0.1, 0.15) is 28.9 Å². The molecule has 5 nitrogen and oxygen atoms in total. The third kappa shape index (κ3) is 3.64. The molecule has 1 aliphatic carbocycles. The molecule has 0 bridgehead atoms. The summed E-state index contributed by atoms with van der Waals surface area (Å²) in [5.74, 6) is 1.13. The monoisotopic (exact) mass is 352 g/mol. The number of likely N-dealkylation sites (tertiary alicyclic amines) is 1. The predicted molar refractivity (Wildman–Crippen MR) is 98.0 cm³/mol. The molecular weight excluding hydrogens is 328 g/mol. The van der Waals surface area contributed by atoms with Gasteiger partial charge in [0.1, 0.15) is 5.75 Å². The highest BCUT2D eigenvalue weighted by atomic mass is 16.3. The summed E-state index contributed by atoms with van der Waals surface area (Å²) < 4.78 is 0. The van der Waals surface area contributed by atoms with E-state index in [1.54, 1.807) is 30.5 Å². The second kappa shape index (κ2) is 6.82. The van der Waals surface area contributed by atoms with Crippen LogP contribution in [0.5, 0.6) is 5.75 Å². The Labute approximate surface area is 153 Å². The van der Waals surface area contributed by atoms with Crippen LogP contribution in [-0.4, -0.2) is 51.1 Å². The molecule has 1 aliphatic heterocycles.